The molecule has 0 saturated heterocycles. The van der Waals surface area contributed by atoms with Gasteiger partial charge in [0.1, 0.15) is 5.82 Å². The molecular weight excluding hydrogens is 748 g/mol. The van der Waals surface area contributed by atoms with E-state index in [-0.39, 0.29) is 32.9 Å². The number of benzene rings is 4. The average molecular weight is 784 g/mol. The Hall–Kier alpha value is -4.47. The van der Waals surface area contributed by atoms with Gasteiger partial charge in [-0.25, -0.2) is 4.98 Å². The van der Waals surface area contributed by atoms with Crippen LogP contribution >= 0.6 is 0 Å². The zero-order valence-corrected chi connectivity index (χ0v) is 29.2. The summed E-state index contributed by atoms with van der Waals surface area (Å²) in [4.78, 5) is 4.70. The molecule has 7 rings (SSSR count). The normalized spacial score (nSPS) is 11.5. The van der Waals surface area contributed by atoms with Crippen molar-refractivity contribution >= 4 is 21.8 Å². The van der Waals surface area contributed by atoms with E-state index in [1.807, 2.05) is 36.5 Å². The van der Waals surface area contributed by atoms with Crippen LogP contribution in [0.15, 0.2) is 97.2 Å². The second kappa shape index (κ2) is 12.7. The summed E-state index contributed by atoms with van der Waals surface area (Å²) < 4.78 is 10.7. The van der Waals surface area contributed by atoms with Gasteiger partial charge in [0, 0.05) is 28.8 Å². The molecule has 0 fully saturated rings. The molecule has 0 aliphatic rings. The van der Waals surface area contributed by atoms with Gasteiger partial charge in [0.15, 0.2) is 0 Å². The van der Waals surface area contributed by atoms with Gasteiger partial charge in [-0.1, -0.05) is 81.2 Å². The van der Waals surface area contributed by atoms with Crippen molar-refractivity contribution in [2.45, 2.75) is 53.4 Å². The Balaban J connectivity index is 0.00000372. The SMILES string of the molecule is Cc1ccc(-c2c(C(C)C)nn(-c3[c-]c(Oc4[c-]c5c(cc4)c4ccccc4n5-c4cc(C)ccn4)ccc3)c2C(C)C)cc1.[Pt+2]. The van der Waals surface area contributed by atoms with E-state index in [1.54, 1.807) is 0 Å². The van der Waals surface area contributed by atoms with Crippen molar-refractivity contribution in [3.63, 3.8) is 0 Å². The predicted molar refractivity (Wildman–Crippen MR) is 183 cm³/mol. The van der Waals surface area contributed by atoms with E-state index in [2.05, 4.69) is 124 Å². The van der Waals surface area contributed by atoms with Crippen LogP contribution in [0.2, 0.25) is 0 Å². The molecule has 0 spiro atoms. The minimum Gasteiger partial charge on any atom is -0.509 e. The Labute approximate surface area is 285 Å². The smallest absolute Gasteiger partial charge is 0.509 e. The van der Waals surface area contributed by atoms with E-state index in [4.69, 9.17) is 14.8 Å². The van der Waals surface area contributed by atoms with E-state index in [0.29, 0.717) is 11.5 Å². The fraction of sp³-hybridized carbons (Fsp3) is 0.200. The van der Waals surface area contributed by atoms with Crippen molar-refractivity contribution in [2.75, 3.05) is 0 Å². The number of hydrogen-bond donors (Lipinski definition) is 0. The predicted octanol–water partition coefficient (Wildman–Crippen LogP) is 10.3. The zero-order valence-electron chi connectivity index (χ0n) is 26.9. The van der Waals surface area contributed by atoms with Gasteiger partial charge in [-0.3, -0.25) is 4.68 Å². The van der Waals surface area contributed by atoms with Crippen LogP contribution in [0, 0.1) is 26.0 Å². The molecule has 0 amide bonds. The molecular formula is C40H36N4OPt. The van der Waals surface area contributed by atoms with E-state index >= 15 is 0 Å². The molecule has 3 heterocycles. The molecule has 0 radical (unpaired) electrons. The summed E-state index contributed by atoms with van der Waals surface area (Å²) in [6, 6.07) is 38.4. The van der Waals surface area contributed by atoms with Crippen LogP contribution in [-0.2, 0) is 21.1 Å². The van der Waals surface area contributed by atoms with Crippen LogP contribution in [0.5, 0.6) is 11.5 Å². The molecule has 0 aliphatic carbocycles. The van der Waals surface area contributed by atoms with Crippen molar-refractivity contribution in [1.29, 1.82) is 0 Å². The average Bonchev–Trinajstić information content (AvgIpc) is 3.59. The number of nitrogens with zero attached hydrogens (tertiary/aromatic N) is 4. The maximum absolute atomic E-state index is 6.46. The third-order valence-electron chi connectivity index (χ3n) is 8.27. The number of rotatable bonds is 7. The summed E-state index contributed by atoms with van der Waals surface area (Å²) in [5.74, 6) is 2.57. The van der Waals surface area contributed by atoms with Crippen molar-refractivity contribution in [3.8, 4) is 34.1 Å². The second-order valence-electron chi connectivity index (χ2n) is 12.4. The maximum Gasteiger partial charge on any atom is 2.00 e. The minimum absolute atomic E-state index is 0. The maximum atomic E-state index is 6.46. The largest absolute Gasteiger partial charge is 2.00 e. The number of aromatic nitrogens is 4. The summed E-state index contributed by atoms with van der Waals surface area (Å²) in [5, 5.41) is 7.43. The summed E-state index contributed by atoms with van der Waals surface area (Å²) in [6.07, 6.45) is 1.85. The van der Waals surface area contributed by atoms with Gasteiger partial charge in [-0.05, 0) is 66.1 Å². The summed E-state index contributed by atoms with van der Waals surface area (Å²) in [5.41, 5.74) is 9.87. The van der Waals surface area contributed by atoms with Gasteiger partial charge in [-0.15, -0.1) is 35.7 Å². The third kappa shape index (κ3) is 5.69. The van der Waals surface area contributed by atoms with Crippen molar-refractivity contribution in [2.24, 2.45) is 0 Å². The molecule has 0 N–H and O–H groups in total. The number of fused-ring (bicyclic) bond motifs is 3. The summed E-state index contributed by atoms with van der Waals surface area (Å²) in [6.45, 7) is 13.1. The van der Waals surface area contributed by atoms with E-state index in [9.17, 15) is 0 Å². The van der Waals surface area contributed by atoms with Crippen LogP contribution in [-0.4, -0.2) is 19.3 Å². The van der Waals surface area contributed by atoms with E-state index in [1.165, 1.54) is 22.4 Å². The van der Waals surface area contributed by atoms with Gasteiger partial charge in [0.05, 0.1) is 11.4 Å². The Bertz CT molecular complexity index is 2170. The molecule has 0 saturated carbocycles. The quantitative estimate of drug-likeness (QED) is 0.151. The van der Waals surface area contributed by atoms with Crippen LogP contribution in [0.3, 0.4) is 0 Å². The van der Waals surface area contributed by atoms with Crippen LogP contribution in [0.4, 0.5) is 0 Å². The Morgan fingerprint density at radius 2 is 1.48 bits per heavy atom. The van der Waals surface area contributed by atoms with Crippen LogP contribution < -0.4 is 4.74 Å². The van der Waals surface area contributed by atoms with Crippen molar-refractivity contribution in [1.82, 2.24) is 19.3 Å². The van der Waals surface area contributed by atoms with Gasteiger partial charge in [-0.2, -0.15) is 17.2 Å². The Kier molecular flexibility index (Phi) is 8.72. The monoisotopic (exact) mass is 783 g/mol. The van der Waals surface area contributed by atoms with Crippen molar-refractivity contribution < 1.29 is 25.8 Å². The first-order valence-electron chi connectivity index (χ1n) is 15.6. The van der Waals surface area contributed by atoms with Gasteiger partial charge in [0.2, 0.25) is 0 Å². The molecule has 5 nitrogen and oxygen atoms in total. The number of ether oxygens (including phenoxy) is 1. The third-order valence-corrected chi connectivity index (χ3v) is 8.27. The van der Waals surface area contributed by atoms with Crippen LogP contribution in [0.1, 0.15) is 62.0 Å². The van der Waals surface area contributed by atoms with Crippen LogP contribution in [0.25, 0.3) is 44.4 Å². The molecule has 7 aromatic rings. The van der Waals surface area contributed by atoms with Crippen molar-refractivity contribution in [3.05, 3.63) is 132 Å². The van der Waals surface area contributed by atoms with E-state index in [0.717, 1.165) is 44.6 Å². The number of hydrogen-bond acceptors (Lipinski definition) is 3. The molecule has 0 atom stereocenters. The molecule has 0 unspecified atom stereocenters. The first-order valence-corrected chi connectivity index (χ1v) is 15.6. The molecule has 0 bridgehead atoms. The molecule has 0 aliphatic heterocycles. The fourth-order valence-electron chi connectivity index (χ4n) is 6.14. The molecule has 232 valence electrons. The summed E-state index contributed by atoms with van der Waals surface area (Å²) in [7, 11) is 0. The molecule has 4 aromatic carbocycles. The number of pyridine rings is 1. The van der Waals surface area contributed by atoms with Gasteiger partial charge in [0.25, 0.3) is 0 Å². The molecule has 46 heavy (non-hydrogen) atoms. The minimum atomic E-state index is 0. The number of aryl methyl sites for hydroxylation is 2. The van der Waals surface area contributed by atoms with Gasteiger partial charge < -0.3 is 9.30 Å². The number of para-hydroxylation sites is 1. The topological polar surface area (TPSA) is 44.9 Å². The first kappa shape index (κ1) is 31.5. The fourth-order valence-corrected chi connectivity index (χ4v) is 6.14. The molecule has 6 heteroatoms. The Morgan fingerprint density at radius 3 is 2.22 bits per heavy atom. The Morgan fingerprint density at radius 1 is 0.717 bits per heavy atom. The van der Waals surface area contributed by atoms with E-state index < -0.39 is 0 Å². The first-order chi connectivity index (χ1) is 21.8. The standard InChI is InChI=1S/C40H36N4O.Pt/c1-25(2)39-38(29-16-14-27(5)15-17-29)40(26(3)4)44(42-39)30-10-9-11-31(23-30)45-32-18-19-34-33-12-7-8-13-35(33)43(36(34)24-32)37-22-28(6)20-21-41-37;/h7-22,25-26H,1-6H3;/q-2;+2. The molecule has 3 aromatic heterocycles. The van der Waals surface area contributed by atoms with Gasteiger partial charge >= 0.3 is 21.1 Å². The zero-order chi connectivity index (χ0) is 31.2. The summed E-state index contributed by atoms with van der Waals surface area (Å²) >= 11 is 0. The second-order valence-corrected chi connectivity index (χ2v) is 12.4.